The van der Waals surface area contributed by atoms with Crippen LogP contribution in [0.5, 0.6) is 0 Å². The van der Waals surface area contributed by atoms with Crippen molar-refractivity contribution in [3.63, 3.8) is 0 Å². The van der Waals surface area contributed by atoms with Gasteiger partial charge in [-0.05, 0) is 14.0 Å². The van der Waals surface area contributed by atoms with Crippen LogP contribution in [0.4, 0.5) is 0 Å². The van der Waals surface area contributed by atoms with Crippen molar-refractivity contribution in [2.24, 2.45) is 0 Å². The van der Waals surface area contributed by atoms with Gasteiger partial charge in [-0.3, -0.25) is 0 Å². The van der Waals surface area contributed by atoms with Crippen LogP contribution in [0.3, 0.4) is 0 Å². The van der Waals surface area contributed by atoms with Crippen LogP contribution < -0.4 is 5.32 Å². The third kappa shape index (κ3) is 1.82. The number of likely N-dealkylation sites (N-methyl/N-ethyl adjacent to an activating group) is 1. The monoisotopic (exact) mass is 140 g/mol. The van der Waals surface area contributed by atoms with Gasteiger partial charge in [0.05, 0.1) is 0 Å². The Hall–Kier alpha value is -0.340. The molecule has 1 N–H and O–H groups in total. The number of hydrogen-bond acceptors (Lipinski definition) is 2. The lowest BCUT2D eigenvalue weighted by Gasteiger charge is -2.31. The zero-order chi connectivity index (χ0) is 7.56. The Morgan fingerprint density at radius 1 is 1.70 bits per heavy atom. The maximum atomic E-state index is 3.92. The molecule has 1 unspecified atom stereocenters. The molecule has 0 radical (unpaired) electrons. The summed E-state index contributed by atoms with van der Waals surface area (Å²) < 4.78 is 0. The van der Waals surface area contributed by atoms with Gasteiger partial charge in [-0.1, -0.05) is 12.2 Å². The molecule has 1 rings (SSSR count). The highest BCUT2D eigenvalue weighted by atomic mass is 15.2. The highest BCUT2D eigenvalue weighted by Gasteiger charge is 2.15. The number of nitrogens with zero attached hydrogens (tertiary/aromatic N) is 1. The van der Waals surface area contributed by atoms with Crippen LogP contribution in [0.2, 0.25) is 0 Å². The average Bonchev–Trinajstić information content (AvgIpc) is 1.88. The van der Waals surface area contributed by atoms with Gasteiger partial charge in [-0.25, -0.2) is 0 Å². The van der Waals surface area contributed by atoms with Crippen LogP contribution in [0.1, 0.15) is 6.92 Å². The van der Waals surface area contributed by atoms with Gasteiger partial charge in [0, 0.05) is 25.7 Å². The van der Waals surface area contributed by atoms with E-state index < -0.39 is 0 Å². The summed E-state index contributed by atoms with van der Waals surface area (Å²) in [5.41, 5.74) is 1.24. The van der Waals surface area contributed by atoms with Crippen LogP contribution in [-0.4, -0.2) is 37.6 Å². The molecule has 0 spiro atoms. The normalized spacial score (nSPS) is 28.4. The van der Waals surface area contributed by atoms with Crippen LogP contribution in [0.15, 0.2) is 12.2 Å². The number of piperazine rings is 1. The molecule has 58 valence electrons. The van der Waals surface area contributed by atoms with Gasteiger partial charge in [0.1, 0.15) is 0 Å². The van der Waals surface area contributed by atoms with Crippen molar-refractivity contribution in [3.05, 3.63) is 12.2 Å². The van der Waals surface area contributed by atoms with E-state index in [0.29, 0.717) is 6.04 Å². The lowest BCUT2D eigenvalue weighted by molar-refractivity contribution is 0.256. The Morgan fingerprint density at radius 3 is 2.80 bits per heavy atom. The van der Waals surface area contributed by atoms with Gasteiger partial charge in [0.25, 0.3) is 0 Å². The van der Waals surface area contributed by atoms with E-state index in [1.165, 1.54) is 5.57 Å². The molecule has 0 amide bonds. The molecule has 0 bridgehead atoms. The molecule has 1 aliphatic rings. The minimum absolute atomic E-state index is 0.513. The van der Waals surface area contributed by atoms with Gasteiger partial charge in [-0.15, -0.1) is 0 Å². The molecule has 0 aromatic rings. The van der Waals surface area contributed by atoms with Gasteiger partial charge in [0.2, 0.25) is 0 Å². The highest BCUT2D eigenvalue weighted by Crippen LogP contribution is 2.03. The second kappa shape index (κ2) is 3.17. The van der Waals surface area contributed by atoms with Crippen LogP contribution in [0.25, 0.3) is 0 Å². The Balaban J connectivity index is 2.39. The molecule has 2 nitrogen and oxygen atoms in total. The number of nitrogens with one attached hydrogen (secondary N) is 1. The van der Waals surface area contributed by atoms with Crippen molar-refractivity contribution in [1.82, 2.24) is 10.2 Å². The zero-order valence-corrected chi connectivity index (χ0v) is 6.85. The molecule has 1 atom stereocenters. The summed E-state index contributed by atoms with van der Waals surface area (Å²) in [7, 11) is 2.15. The fraction of sp³-hybridized carbons (Fsp3) is 0.750. The first-order chi connectivity index (χ1) is 4.70. The van der Waals surface area contributed by atoms with E-state index in [2.05, 4.69) is 30.8 Å². The largest absolute Gasteiger partial charge is 0.308 e. The summed E-state index contributed by atoms with van der Waals surface area (Å²) in [6.07, 6.45) is 0. The number of hydrogen-bond donors (Lipinski definition) is 1. The standard InChI is InChI=1S/C8H16N2/c1-7(2)8-6-10(3)5-4-9-8/h8-9H,1,4-6H2,2-3H3. The van der Waals surface area contributed by atoms with Gasteiger partial charge in [0.15, 0.2) is 0 Å². The lowest BCUT2D eigenvalue weighted by Crippen LogP contribution is -2.49. The van der Waals surface area contributed by atoms with Crippen LogP contribution >= 0.6 is 0 Å². The third-order valence-corrected chi connectivity index (χ3v) is 1.97. The first kappa shape index (κ1) is 7.76. The number of rotatable bonds is 1. The third-order valence-electron chi connectivity index (χ3n) is 1.97. The first-order valence-electron chi connectivity index (χ1n) is 3.77. The van der Waals surface area contributed by atoms with E-state index in [0.717, 1.165) is 19.6 Å². The van der Waals surface area contributed by atoms with Crippen molar-refractivity contribution >= 4 is 0 Å². The molecule has 0 saturated carbocycles. The minimum Gasteiger partial charge on any atom is -0.308 e. The Morgan fingerprint density at radius 2 is 2.40 bits per heavy atom. The molecule has 1 saturated heterocycles. The van der Waals surface area contributed by atoms with Crippen molar-refractivity contribution in [3.8, 4) is 0 Å². The van der Waals surface area contributed by atoms with Gasteiger partial charge in [-0.2, -0.15) is 0 Å². The molecule has 2 heteroatoms. The lowest BCUT2D eigenvalue weighted by atomic mass is 10.1. The van der Waals surface area contributed by atoms with Crippen molar-refractivity contribution in [1.29, 1.82) is 0 Å². The average molecular weight is 140 g/mol. The first-order valence-corrected chi connectivity index (χ1v) is 3.77. The topological polar surface area (TPSA) is 15.3 Å². The maximum Gasteiger partial charge on any atom is 0.0403 e. The Bertz CT molecular complexity index is 131. The summed E-state index contributed by atoms with van der Waals surface area (Å²) in [5, 5.41) is 3.41. The second-order valence-electron chi connectivity index (χ2n) is 3.12. The Kier molecular flexibility index (Phi) is 2.46. The summed E-state index contributed by atoms with van der Waals surface area (Å²) in [5.74, 6) is 0. The van der Waals surface area contributed by atoms with E-state index in [4.69, 9.17) is 0 Å². The smallest absolute Gasteiger partial charge is 0.0403 e. The molecule has 1 heterocycles. The highest BCUT2D eigenvalue weighted by molar-refractivity contribution is 5.04. The minimum atomic E-state index is 0.513. The summed E-state index contributed by atoms with van der Waals surface area (Å²) >= 11 is 0. The molecule has 0 aromatic carbocycles. The van der Waals surface area contributed by atoms with E-state index in [-0.39, 0.29) is 0 Å². The summed E-state index contributed by atoms with van der Waals surface area (Å²) in [4.78, 5) is 2.33. The zero-order valence-electron chi connectivity index (χ0n) is 6.85. The summed E-state index contributed by atoms with van der Waals surface area (Å²) in [6.45, 7) is 9.36. The molecular weight excluding hydrogens is 124 g/mol. The molecule has 0 aliphatic carbocycles. The maximum absolute atomic E-state index is 3.92. The molecule has 10 heavy (non-hydrogen) atoms. The van der Waals surface area contributed by atoms with E-state index >= 15 is 0 Å². The fourth-order valence-corrected chi connectivity index (χ4v) is 1.23. The van der Waals surface area contributed by atoms with E-state index in [1.54, 1.807) is 0 Å². The van der Waals surface area contributed by atoms with Crippen molar-refractivity contribution in [2.45, 2.75) is 13.0 Å². The fourth-order valence-electron chi connectivity index (χ4n) is 1.23. The van der Waals surface area contributed by atoms with Gasteiger partial charge >= 0.3 is 0 Å². The molecule has 1 fully saturated rings. The molecule has 1 aliphatic heterocycles. The molecular formula is C8H16N2. The van der Waals surface area contributed by atoms with E-state index in [9.17, 15) is 0 Å². The predicted molar refractivity (Wildman–Crippen MR) is 44.1 cm³/mol. The van der Waals surface area contributed by atoms with Crippen molar-refractivity contribution in [2.75, 3.05) is 26.7 Å². The van der Waals surface area contributed by atoms with Crippen LogP contribution in [0, 0.1) is 0 Å². The quantitative estimate of drug-likeness (QED) is 0.532. The van der Waals surface area contributed by atoms with Gasteiger partial charge < -0.3 is 10.2 Å². The predicted octanol–water partition coefficient (Wildman–Crippen LogP) is 0.466. The van der Waals surface area contributed by atoms with E-state index in [1.807, 2.05) is 0 Å². The SMILES string of the molecule is C=C(C)C1CN(C)CCN1. The van der Waals surface area contributed by atoms with Crippen LogP contribution in [-0.2, 0) is 0 Å². The second-order valence-corrected chi connectivity index (χ2v) is 3.12. The summed E-state index contributed by atoms with van der Waals surface area (Å²) in [6, 6.07) is 0.513. The Labute approximate surface area is 62.9 Å². The van der Waals surface area contributed by atoms with Crippen molar-refractivity contribution < 1.29 is 0 Å². The molecule has 0 aromatic heterocycles.